The molecule has 2 fully saturated rings. The van der Waals surface area contributed by atoms with Gasteiger partial charge in [0.05, 0.1) is 12.5 Å². The van der Waals surface area contributed by atoms with Gasteiger partial charge < -0.3 is 20.1 Å². The first kappa shape index (κ1) is 18.4. The average Bonchev–Trinajstić information content (AvgIpc) is 3.20. The maximum absolute atomic E-state index is 12.9. The minimum Gasteiger partial charge on any atom is -0.481 e. The number of carboxylic acid groups (broad SMARTS) is 1. The molecule has 1 aromatic rings. The predicted octanol–water partition coefficient (Wildman–Crippen LogP) is 1.99. The van der Waals surface area contributed by atoms with Gasteiger partial charge in [0.15, 0.2) is 0 Å². The summed E-state index contributed by atoms with van der Waals surface area (Å²) in [7, 11) is 1.56. The summed E-state index contributed by atoms with van der Waals surface area (Å²) in [6.45, 7) is 2.40. The van der Waals surface area contributed by atoms with E-state index >= 15 is 0 Å². The second-order valence-corrected chi connectivity index (χ2v) is 7.19. The topological polar surface area (TPSA) is 95.9 Å². The Morgan fingerprint density at radius 1 is 1.31 bits per heavy atom. The number of hydrogen-bond donors (Lipinski definition) is 2. The minimum atomic E-state index is -0.941. The number of nitrogens with zero attached hydrogens (tertiary/aromatic N) is 1. The van der Waals surface area contributed by atoms with E-state index in [4.69, 9.17) is 9.84 Å². The van der Waals surface area contributed by atoms with Gasteiger partial charge >= 0.3 is 5.97 Å². The van der Waals surface area contributed by atoms with Gasteiger partial charge in [-0.05, 0) is 37.0 Å². The Balaban J connectivity index is 1.72. The molecule has 0 radical (unpaired) electrons. The van der Waals surface area contributed by atoms with E-state index in [0.29, 0.717) is 30.1 Å². The highest BCUT2D eigenvalue weighted by molar-refractivity contribution is 5.98. The van der Waals surface area contributed by atoms with Crippen molar-refractivity contribution in [1.82, 2.24) is 4.90 Å². The van der Waals surface area contributed by atoms with Crippen LogP contribution in [0.5, 0.6) is 0 Å². The first-order chi connectivity index (χ1) is 12.4. The number of carbonyl (C=O) groups excluding carboxylic acids is 2. The van der Waals surface area contributed by atoms with Gasteiger partial charge in [0, 0.05) is 36.9 Å². The molecule has 0 aromatic heterocycles. The number of amides is 2. The molecule has 2 aliphatic rings. The number of ether oxygens (including phenoxy) is 1. The van der Waals surface area contributed by atoms with E-state index in [0.717, 1.165) is 6.42 Å². The van der Waals surface area contributed by atoms with Crippen molar-refractivity contribution >= 4 is 23.5 Å². The molecule has 1 aliphatic heterocycles. The lowest BCUT2D eigenvalue weighted by molar-refractivity contribution is -0.138. The highest BCUT2D eigenvalue weighted by atomic mass is 16.5. The van der Waals surface area contributed by atoms with Crippen LogP contribution in [0.15, 0.2) is 24.3 Å². The summed E-state index contributed by atoms with van der Waals surface area (Å²) in [4.78, 5) is 37.7. The van der Waals surface area contributed by atoms with Gasteiger partial charge in [-0.3, -0.25) is 14.4 Å². The molecule has 2 N–H and O–H groups in total. The Morgan fingerprint density at radius 3 is 2.65 bits per heavy atom. The average molecular weight is 360 g/mol. The lowest BCUT2D eigenvalue weighted by Crippen LogP contribution is -2.37. The fourth-order valence-corrected chi connectivity index (χ4v) is 3.51. The van der Waals surface area contributed by atoms with Crippen molar-refractivity contribution in [2.75, 3.05) is 19.0 Å². The molecule has 4 atom stereocenters. The third-order valence-corrected chi connectivity index (χ3v) is 5.20. The zero-order valence-electron chi connectivity index (χ0n) is 15.0. The molecule has 3 rings (SSSR count). The van der Waals surface area contributed by atoms with Gasteiger partial charge in [0.1, 0.15) is 0 Å². The summed E-state index contributed by atoms with van der Waals surface area (Å²) in [6, 6.07) is 6.39. The monoisotopic (exact) mass is 360 g/mol. The highest BCUT2D eigenvalue weighted by Crippen LogP contribution is 2.38. The number of hydrogen-bond acceptors (Lipinski definition) is 4. The number of aliphatic carboxylic acids is 1. The normalized spacial score (nSPS) is 27.2. The van der Waals surface area contributed by atoms with Crippen LogP contribution < -0.4 is 5.32 Å². The fraction of sp³-hybridized carbons (Fsp3) is 0.526. The van der Waals surface area contributed by atoms with E-state index < -0.39 is 12.0 Å². The van der Waals surface area contributed by atoms with E-state index in [2.05, 4.69) is 5.32 Å². The lowest BCUT2D eigenvalue weighted by Gasteiger charge is -2.23. The minimum absolute atomic E-state index is 0.0218. The fourth-order valence-electron chi connectivity index (χ4n) is 3.51. The summed E-state index contributed by atoms with van der Waals surface area (Å²) >= 11 is 0. The Hall–Kier alpha value is -2.41. The van der Waals surface area contributed by atoms with E-state index in [9.17, 15) is 14.4 Å². The zero-order chi connectivity index (χ0) is 18.8. The summed E-state index contributed by atoms with van der Waals surface area (Å²) in [5, 5.41) is 12.0. The van der Waals surface area contributed by atoms with Crippen LogP contribution in [0.2, 0.25) is 0 Å². The summed E-state index contributed by atoms with van der Waals surface area (Å²) in [6.07, 6.45) is 1.13. The molecular formula is C19H24N2O5. The zero-order valence-corrected chi connectivity index (χ0v) is 15.0. The molecule has 7 nitrogen and oxygen atoms in total. The molecule has 1 saturated heterocycles. The highest BCUT2D eigenvalue weighted by Gasteiger charge is 2.39. The molecule has 0 bridgehead atoms. The van der Waals surface area contributed by atoms with E-state index in [1.54, 1.807) is 36.3 Å². The Bertz CT molecular complexity index is 720. The van der Waals surface area contributed by atoms with Crippen LogP contribution in [0.25, 0.3) is 0 Å². The molecule has 26 heavy (non-hydrogen) atoms. The lowest BCUT2D eigenvalue weighted by atomic mass is 10.1. The van der Waals surface area contributed by atoms with Gasteiger partial charge in [-0.25, -0.2) is 0 Å². The van der Waals surface area contributed by atoms with Crippen molar-refractivity contribution in [3.05, 3.63) is 29.8 Å². The second kappa shape index (κ2) is 7.45. The maximum atomic E-state index is 12.9. The van der Waals surface area contributed by atoms with Gasteiger partial charge in [-0.1, -0.05) is 13.0 Å². The molecule has 2 amide bonds. The quantitative estimate of drug-likeness (QED) is 0.809. The molecular weight excluding hydrogens is 336 g/mol. The molecule has 1 saturated carbocycles. The van der Waals surface area contributed by atoms with E-state index in [1.807, 2.05) is 6.92 Å². The smallest absolute Gasteiger partial charge is 0.305 e. The standard InChI is InChI=1S/C19H24N2O5/c1-11-6-16(11)18(24)20-13-5-3-4-12(7-13)19(25)21-10-15(26-2)8-14(21)9-17(22)23/h3-5,7,11,14-16H,6,8-10H2,1-2H3,(H,20,24)(H,22,23). The number of likely N-dealkylation sites (tertiary alicyclic amines) is 1. The number of rotatable bonds is 6. The van der Waals surface area contributed by atoms with Crippen molar-refractivity contribution in [3.8, 4) is 0 Å². The van der Waals surface area contributed by atoms with Crippen molar-refractivity contribution in [3.63, 3.8) is 0 Å². The van der Waals surface area contributed by atoms with Crippen LogP contribution in [-0.2, 0) is 14.3 Å². The van der Waals surface area contributed by atoms with Crippen LogP contribution in [0.3, 0.4) is 0 Å². The number of methoxy groups -OCH3 is 1. The molecule has 140 valence electrons. The van der Waals surface area contributed by atoms with Gasteiger partial charge in [-0.15, -0.1) is 0 Å². The van der Waals surface area contributed by atoms with Gasteiger partial charge in [0.2, 0.25) is 5.91 Å². The Labute approximate surface area is 152 Å². The van der Waals surface area contributed by atoms with E-state index in [1.165, 1.54) is 0 Å². The molecule has 1 aromatic carbocycles. The van der Waals surface area contributed by atoms with Crippen molar-refractivity contribution in [2.45, 2.75) is 38.3 Å². The number of benzene rings is 1. The molecule has 1 aliphatic carbocycles. The summed E-state index contributed by atoms with van der Waals surface area (Å²) in [5.74, 6) is -0.746. The molecule has 7 heteroatoms. The van der Waals surface area contributed by atoms with Crippen molar-refractivity contribution in [1.29, 1.82) is 0 Å². The number of nitrogens with one attached hydrogen (secondary N) is 1. The Morgan fingerprint density at radius 2 is 2.04 bits per heavy atom. The largest absolute Gasteiger partial charge is 0.481 e. The second-order valence-electron chi connectivity index (χ2n) is 7.19. The third kappa shape index (κ3) is 4.04. The SMILES string of the molecule is COC1CC(CC(=O)O)N(C(=O)c2cccc(NC(=O)C3CC3C)c2)C1. The summed E-state index contributed by atoms with van der Waals surface area (Å²) < 4.78 is 5.32. The Kier molecular flexibility index (Phi) is 5.27. The van der Waals surface area contributed by atoms with E-state index in [-0.39, 0.29) is 30.3 Å². The number of anilines is 1. The molecule has 0 spiro atoms. The number of carboxylic acids is 1. The van der Waals surface area contributed by atoms with Crippen LogP contribution in [-0.4, -0.2) is 53.6 Å². The van der Waals surface area contributed by atoms with Crippen molar-refractivity contribution < 1.29 is 24.2 Å². The molecule has 4 unspecified atom stereocenters. The number of carbonyl (C=O) groups is 3. The van der Waals surface area contributed by atoms with Crippen LogP contribution in [0.4, 0.5) is 5.69 Å². The predicted molar refractivity (Wildman–Crippen MR) is 94.8 cm³/mol. The first-order valence-corrected chi connectivity index (χ1v) is 8.85. The molecule has 1 heterocycles. The van der Waals surface area contributed by atoms with Crippen LogP contribution >= 0.6 is 0 Å². The first-order valence-electron chi connectivity index (χ1n) is 8.85. The third-order valence-electron chi connectivity index (χ3n) is 5.20. The van der Waals surface area contributed by atoms with Crippen LogP contribution in [0, 0.1) is 11.8 Å². The summed E-state index contributed by atoms with van der Waals surface area (Å²) in [5.41, 5.74) is 1.01. The van der Waals surface area contributed by atoms with Crippen LogP contribution in [0.1, 0.15) is 36.5 Å². The van der Waals surface area contributed by atoms with Crippen molar-refractivity contribution in [2.24, 2.45) is 11.8 Å². The van der Waals surface area contributed by atoms with Gasteiger partial charge in [0.25, 0.3) is 5.91 Å². The maximum Gasteiger partial charge on any atom is 0.305 e. The van der Waals surface area contributed by atoms with Gasteiger partial charge in [-0.2, -0.15) is 0 Å².